The highest BCUT2D eigenvalue weighted by atomic mass is 79.9. The number of anilines is 1. The van der Waals surface area contributed by atoms with Crippen molar-refractivity contribution in [3.8, 4) is 0 Å². The Bertz CT molecular complexity index is 1530. The molecule has 0 fully saturated rings. The monoisotopic (exact) mass is 648 g/mol. The van der Waals surface area contributed by atoms with Gasteiger partial charge in [-0.3, -0.25) is 14.1 Å². The van der Waals surface area contributed by atoms with Gasteiger partial charge in [0.1, 0.15) is 11.6 Å². The van der Waals surface area contributed by atoms with Crippen LogP contribution in [0.1, 0.15) is 53.7 Å². The zero-order valence-corrected chi connectivity index (χ0v) is 25.2. The van der Waals surface area contributed by atoms with E-state index in [0.29, 0.717) is 11.1 Å². The third-order valence-corrected chi connectivity index (χ3v) is 7.33. The topological polar surface area (TPSA) is 113 Å². The van der Waals surface area contributed by atoms with E-state index in [4.69, 9.17) is 4.55 Å². The Kier molecular flexibility index (Phi) is 10.6. The number of carbonyl (C=O) groups excluding carboxylic acids is 2. The summed E-state index contributed by atoms with van der Waals surface area (Å²) in [7, 11) is -4.20. The van der Waals surface area contributed by atoms with E-state index in [0.717, 1.165) is 17.7 Å². The molecule has 0 radical (unpaired) electrons. The summed E-state index contributed by atoms with van der Waals surface area (Å²) in [4.78, 5) is 25.7. The van der Waals surface area contributed by atoms with Crippen LogP contribution >= 0.6 is 15.9 Å². The Labute approximate surface area is 246 Å². The lowest BCUT2D eigenvalue weighted by Crippen LogP contribution is -2.28. The molecule has 7 nitrogen and oxygen atoms in total. The Hall–Kier alpha value is -3.41. The van der Waals surface area contributed by atoms with Crippen molar-refractivity contribution in [2.24, 2.45) is 5.41 Å². The minimum absolute atomic E-state index is 0.00921. The summed E-state index contributed by atoms with van der Waals surface area (Å²) in [6, 6.07) is 15.6. The van der Waals surface area contributed by atoms with Crippen LogP contribution in [0.25, 0.3) is 6.08 Å². The predicted octanol–water partition coefficient (Wildman–Crippen LogP) is 6.37. The maximum Gasteiger partial charge on any atom is 0.266 e. The van der Waals surface area contributed by atoms with Crippen molar-refractivity contribution in [3.63, 3.8) is 0 Å². The molecule has 218 valence electrons. The number of carbonyl (C=O) groups is 2. The molecule has 2 amide bonds. The van der Waals surface area contributed by atoms with Crippen LogP contribution in [0.5, 0.6) is 0 Å². The predicted molar refractivity (Wildman–Crippen MR) is 159 cm³/mol. The van der Waals surface area contributed by atoms with Crippen molar-refractivity contribution in [2.45, 2.75) is 33.1 Å². The minimum atomic E-state index is -4.20. The summed E-state index contributed by atoms with van der Waals surface area (Å²) in [5.41, 5.74) is 2.24. The second-order valence-electron chi connectivity index (χ2n) is 10.6. The second-order valence-corrected chi connectivity index (χ2v) is 13.0. The summed E-state index contributed by atoms with van der Waals surface area (Å²) in [5.74, 6) is -3.98. The molecule has 3 rings (SSSR count). The lowest BCUT2D eigenvalue weighted by atomic mass is 9.89. The standard InChI is InChI=1S/C30H31BrF2N2O5S/c1-30(2,3)13-12-19-4-8-21(9-5-19)23(29(37)35-27-18-25(32)24(31)17-26(27)33)16-20-6-10-22(11-7-20)28(36)34-14-15-41(38,39)40/h4-13,17-18,23H,14-16H2,1-3H3,(H,34,36)(H,35,37)(H,38,39,40)/b13-12+. The quantitative estimate of drug-likeness (QED) is 0.175. The van der Waals surface area contributed by atoms with Crippen molar-refractivity contribution in [2.75, 3.05) is 17.6 Å². The Morgan fingerprint density at radius 1 is 1.00 bits per heavy atom. The maximum absolute atomic E-state index is 14.5. The number of allylic oxidation sites excluding steroid dienone is 1. The molecule has 0 aliphatic heterocycles. The summed E-state index contributed by atoms with van der Waals surface area (Å²) in [6.45, 7) is 5.99. The SMILES string of the molecule is CC(C)(C)/C=C/c1ccc(C(Cc2ccc(C(=O)NCCS(=O)(=O)O)cc2)C(=O)Nc2cc(F)c(Br)cc2F)cc1. The second kappa shape index (κ2) is 13.5. The lowest BCUT2D eigenvalue weighted by molar-refractivity contribution is -0.117. The van der Waals surface area contributed by atoms with Crippen LogP contribution in [0.4, 0.5) is 14.5 Å². The van der Waals surface area contributed by atoms with Gasteiger partial charge in [-0.2, -0.15) is 8.42 Å². The Morgan fingerprint density at radius 3 is 2.22 bits per heavy atom. The smallest absolute Gasteiger partial charge is 0.266 e. The van der Waals surface area contributed by atoms with Crippen LogP contribution in [0, 0.1) is 17.0 Å². The number of rotatable bonds is 10. The van der Waals surface area contributed by atoms with Gasteiger partial charge in [0.25, 0.3) is 16.0 Å². The van der Waals surface area contributed by atoms with Gasteiger partial charge in [-0.25, -0.2) is 8.78 Å². The molecule has 41 heavy (non-hydrogen) atoms. The molecule has 0 saturated carbocycles. The molecule has 3 aromatic carbocycles. The molecule has 0 spiro atoms. The maximum atomic E-state index is 14.5. The number of nitrogens with one attached hydrogen (secondary N) is 2. The zero-order chi connectivity index (χ0) is 30.4. The number of benzene rings is 3. The van der Waals surface area contributed by atoms with Gasteiger partial charge in [-0.15, -0.1) is 0 Å². The first-order valence-electron chi connectivity index (χ1n) is 12.7. The van der Waals surface area contributed by atoms with Gasteiger partial charge in [0.05, 0.1) is 21.8 Å². The number of hydrogen-bond donors (Lipinski definition) is 3. The summed E-state index contributed by atoms with van der Waals surface area (Å²) >= 11 is 2.93. The molecule has 1 atom stereocenters. The van der Waals surface area contributed by atoms with E-state index in [1.54, 1.807) is 12.1 Å². The van der Waals surface area contributed by atoms with Gasteiger partial charge >= 0.3 is 0 Å². The average molecular weight is 650 g/mol. The average Bonchev–Trinajstić information content (AvgIpc) is 2.88. The molecule has 3 aromatic rings. The van der Waals surface area contributed by atoms with E-state index in [2.05, 4.69) is 53.4 Å². The summed E-state index contributed by atoms with van der Waals surface area (Å²) in [6.07, 6.45) is 4.24. The molecule has 0 heterocycles. The van der Waals surface area contributed by atoms with Crippen molar-refractivity contribution >= 4 is 49.6 Å². The summed E-state index contributed by atoms with van der Waals surface area (Å²) in [5, 5.41) is 4.91. The van der Waals surface area contributed by atoms with Gasteiger partial charge in [-0.05, 0) is 62.7 Å². The summed E-state index contributed by atoms with van der Waals surface area (Å²) < 4.78 is 59.0. The van der Waals surface area contributed by atoms with Gasteiger partial charge in [0.15, 0.2) is 0 Å². The first-order chi connectivity index (χ1) is 19.1. The molecule has 11 heteroatoms. The molecule has 0 bridgehead atoms. The van der Waals surface area contributed by atoms with Crippen molar-refractivity contribution < 1.29 is 31.3 Å². The Morgan fingerprint density at radius 2 is 1.63 bits per heavy atom. The van der Waals surface area contributed by atoms with E-state index in [1.165, 1.54) is 12.1 Å². The van der Waals surface area contributed by atoms with E-state index < -0.39 is 45.2 Å². The van der Waals surface area contributed by atoms with Gasteiger partial charge in [-0.1, -0.05) is 69.3 Å². The van der Waals surface area contributed by atoms with Crippen molar-refractivity contribution in [1.29, 1.82) is 0 Å². The normalized spacial score (nSPS) is 12.8. The molecular formula is C30H31BrF2N2O5S. The van der Waals surface area contributed by atoms with Gasteiger partial charge in [0, 0.05) is 18.2 Å². The fourth-order valence-corrected chi connectivity index (χ4v) is 4.48. The van der Waals surface area contributed by atoms with Crippen LogP contribution in [0.15, 0.2) is 71.2 Å². The lowest BCUT2D eigenvalue weighted by Gasteiger charge is -2.19. The van der Waals surface area contributed by atoms with Crippen LogP contribution in [-0.2, 0) is 21.3 Å². The van der Waals surface area contributed by atoms with Crippen molar-refractivity contribution in [1.82, 2.24) is 5.32 Å². The fraction of sp³-hybridized carbons (Fsp3) is 0.267. The number of halogens is 3. The van der Waals surface area contributed by atoms with E-state index in [-0.39, 0.29) is 34.1 Å². The highest BCUT2D eigenvalue weighted by molar-refractivity contribution is 9.10. The van der Waals surface area contributed by atoms with Crippen LogP contribution < -0.4 is 10.6 Å². The molecule has 0 aliphatic carbocycles. The minimum Gasteiger partial charge on any atom is -0.351 e. The van der Waals surface area contributed by atoms with Gasteiger partial charge < -0.3 is 10.6 Å². The molecule has 3 N–H and O–H groups in total. The van der Waals surface area contributed by atoms with E-state index in [1.807, 2.05) is 30.3 Å². The highest BCUT2D eigenvalue weighted by Crippen LogP contribution is 2.28. The van der Waals surface area contributed by atoms with Crippen molar-refractivity contribution in [3.05, 3.63) is 105 Å². The number of amides is 2. The van der Waals surface area contributed by atoms with Crippen LogP contribution in [0.2, 0.25) is 0 Å². The zero-order valence-electron chi connectivity index (χ0n) is 22.7. The Balaban J connectivity index is 1.84. The van der Waals surface area contributed by atoms with Crippen LogP contribution in [0.3, 0.4) is 0 Å². The first kappa shape index (κ1) is 32.1. The molecule has 1 unspecified atom stereocenters. The molecular weight excluding hydrogens is 618 g/mol. The molecule has 0 aliphatic rings. The third kappa shape index (κ3) is 10.2. The first-order valence-corrected chi connectivity index (χ1v) is 15.1. The highest BCUT2D eigenvalue weighted by Gasteiger charge is 2.23. The van der Waals surface area contributed by atoms with Gasteiger partial charge in [0.2, 0.25) is 5.91 Å². The van der Waals surface area contributed by atoms with Crippen LogP contribution in [-0.4, -0.2) is 37.1 Å². The van der Waals surface area contributed by atoms with E-state index in [9.17, 15) is 26.8 Å². The number of hydrogen-bond acceptors (Lipinski definition) is 4. The molecule has 0 saturated heterocycles. The van der Waals surface area contributed by atoms with E-state index >= 15 is 0 Å². The molecule has 0 aromatic heterocycles. The third-order valence-electron chi connectivity index (χ3n) is 6.00. The largest absolute Gasteiger partial charge is 0.351 e. The fourth-order valence-electron chi connectivity index (χ4n) is 3.81.